The molecule has 1 heterocycles. The van der Waals surface area contributed by atoms with Crippen molar-refractivity contribution >= 4 is 11.8 Å². The topological polar surface area (TPSA) is 71.1 Å². The second-order valence-electron chi connectivity index (χ2n) is 7.63. The van der Waals surface area contributed by atoms with Crippen LogP contribution in [-0.4, -0.2) is 70.1 Å². The van der Waals surface area contributed by atoms with Crippen molar-refractivity contribution in [3.05, 3.63) is 59.2 Å². The van der Waals surface area contributed by atoms with E-state index in [1.807, 2.05) is 49.3 Å². The Morgan fingerprint density at radius 2 is 1.80 bits per heavy atom. The SMILES string of the molecule is COc1ccc([C@H]2[C@@H](C(=O)NCCN(C)C)c3ccccc3C(=O)N2C)cc1OC. The molecule has 30 heavy (non-hydrogen) atoms. The molecule has 7 nitrogen and oxygen atoms in total. The smallest absolute Gasteiger partial charge is 0.254 e. The summed E-state index contributed by atoms with van der Waals surface area (Å²) in [6, 6.07) is 12.4. The van der Waals surface area contributed by atoms with E-state index in [4.69, 9.17) is 9.47 Å². The lowest BCUT2D eigenvalue weighted by Crippen LogP contribution is -2.46. The van der Waals surface area contributed by atoms with Gasteiger partial charge in [-0.3, -0.25) is 9.59 Å². The van der Waals surface area contributed by atoms with E-state index in [1.165, 1.54) is 0 Å². The number of carbonyl (C=O) groups excluding carboxylic acids is 2. The summed E-state index contributed by atoms with van der Waals surface area (Å²) in [5, 5.41) is 3.04. The molecule has 2 amide bonds. The highest BCUT2D eigenvalue weighted by Crippen LogP contribution is 2.43. The number of nitrogens with one attached hydrogen (secondary N) is 1. The normalized spacial score (nSPS) is 18.2. The van der Waals surface area contributed by atoms with Crippen molar-refractivity contribution in [3.8, 4) is 11.5 Å². The van der Waals surface area contributed by atoms with Gasteiger partial charge < -0.3 is 24.6 Å². The van der Waals surface area contributed by atoms with Crippen LogP contribution in [0.2, 0.25) is 0 Å². The number of benzene rings is 2. The van der Waals surface area contributed by atoms with E-state index in [0.717, 1.165) is 17.7 Å². The van der Waals surface area contributed by atoms with Crippen molar-refractivity contribution in [3.63, 3.8) is 0 Å². The lowest BCUT2D eigenvalue weighted by Gasteiger charge is -2.40. The van der Waals surface area contributed by atoms with Gasteiger partial charge in [0.25, 0.3) is 5.91 Å². The fourth-order valence-corrected chi connectivity index (χ4v) is 3.92. The average Bonchev–Trinajstić information content (AvgIpc) is 2.75. The molecule has 0 bridgehead atoms. The Labute approximate surface area is 177 Å². The predicted octanol–water partition coefficient (Wildman–Crippen LogP) is 2.29. The number of likely N-dealkylation sites (N-methyl/N-ethyl adjacent to an activating group) is 2. The molecule has 0 spiro atoms. The van der Waals surface area contributed by atoms with Gasteiger partial charge in [-0.05, 0) is 43.4 Å². The molecular formula is C23H29N3O4. The average molecular weight is 412 g/mol. The molecule has 0 saturated carbocycles. The van der Waals surface area contributed by atoms with Crippen LogP contribution >= 0.6 is 0 Å². The van der Waals surface area contributed by atoms with Crippen LogP contribution in [0.15, 0.2) is 42.5 Å². The standard InChI is InChI=1S/C23H29N3O4/c1-25(2)13-12-24-22(27)20-16-8-6-7-9-17(16)23(28)26(3)21(20)15-10-11-18(29-4)19(14-15)30-5/h6-11,14,20-21H,12-13H2,1-5H3,(H,24,27)/t20-,21-/m0/s1. The first-order valence-electron chi connectivity index (χ1n) is 9.89. The van der Waals surface area contributed by atoms with Crippen molar-refractivity contribution < 1.29 is 19.1 Å². The van der Waals surface area contributed by atoms with Gasteiger partial charge in [0.2, 0.25) is 5.91 Å². The number of methoxy groups -OCH3 is 2. The van der Waals surface area contributed by atoms with Gasteiger partial charge in [-0.2, -0.15) is 0 Å². The minimum absolute atomic E-state index is 0.108. The van der Waals surface area contributed by atoms with Crippen molar-refractivity contribution in [2.24, 2.45) is 0 Å². The second kappa shape index (κ2) is 9.17. The summed E-state index contributed by atoms with van der Waals surface area (Å²) in [4.78, 5) is 30.1. The molecule has 2 aromatic carbocycles. The predicted molar refractivity (Wildman–Crippen MR) is 115 cm³/mol. The second-order valence-corrected chi connectivity index (χ2v) is 7.63. The first-order chi connectivity index (χ1) is 14.4. The van der Waals surface area contributed by atoms with Crippen LogP contribution in [0.3, 0.4) is 0 Å². The summed E-state index contributed by atoms with van der Waals surface area (Å²) >= 11 is 0. The van der Waals surface area contributed by atoms with Gasteiger partial charge in [-0.15, -0.1) is 0 Å². The molecule has 160 valence electrons. The number of fused-ring (bicyclic) bond motifs is 1. The van der Waals surface area contributed by atoms with Gasteiger partial charge in [0.05, 0.1) is 26.2 Å². The third-order valence-corrected chi connectivity index (χ3v) is 5.47. The van der Waals surface area contributed by atoms with Gasteiger partial charge in [0.15, 0.2) is 11.5 Å². The Kier molecular flexibility index (Phi) is 6.62. The van der Waals surface area contributed by atoms with Crippen LogP contribution in [-0.2, 0) is 4.79 Å². The summed E-state index contributed by atoms with van der Waals surface area (Å²) in [5.74, 6) is 0.398. The molecule has 2 atom stereocenters. The van der Waals surface area contributed by atoms with Crippen LogP contribution in [0, 0.1) is 0 Å². The highest BCUT2D eigenvalue weighted by Gasteiger charge is 2.42. The Morgan fingerprint density at radius 1 is 1.10 bits per heavy atom. The number of hydrogen-bond acceptors (Lipinski definition) is 5. The quantitative estimate of drug-likeness (QED) is 0.757. The monoisotopic (exact) mass is 411 g/mol. The van der Waals surface area contributed by atoms with Gasteiger partial charge in [0, 0.05) is 25.7 Å². The molecule has 0 saturated heterocycles. The Balaban J connectivity index is 2.06. The zero-order valence-electron chi connectivity index (χ0n) is 18.1. The van der Waals surface area contributed by atoms with Crippen molar-refractivity contribution in [1.82, 2.24) is 15.1 Å². The zero-order valence-corrected chi connectivity index (χ0v) is 18.1. The van der Waals surface area contributed by atoms with Gasteiger partial charge in [0.1, 0.15) is 0 Å². The molecule has 1 N–H and O–H groups in total. The molecular weight excluding hydrogens is 382 g/mol. The molecule has 2 aromatic rings. The highest BCUT2D eigenvalue weighted by atomic mass is 16.5. The summed E-state index contributed by atoms with van der Waals surface area (Å²) in [7, 11) is 8.80. The largest absolute Gasteiger partial charge is 0.493 e. The minimum atomic E-state index is -0.538. The number of nitrogens with zero attached hydrogens (tertiary/aromatic N) is 2. The van der Waals surface area contributed by atoms with E-state index in [9.17, 15) is 9.59 Å². The maximum Gasteiger partial charge on any atom is 0.254 e. The maximum atomic E-state index is 13.3. The number of carbonyl (C=O) groups is 2. The molecule has 0 aromatic heterocycles. The number of hydrogen-bond donors (Lipinski definition) is 1. The number of rotatable bonds is 7. The molecule has 3 rings (SSSR count). The Hall–Kier alpha value is -3.06. The first-order valence-corrected chi connectivity index (χ1v) is 9.89. The van der Waals surface area contributed by atoms with Crippen molar-refractivity contribution in [2.45, 2.75) is 12.0 Å². The van der Waals surface area contributed by atoms with Gasteiger partial charge in [-0.1, -0.05) is 24.3 Å². The fraction of sp³-hybridized carbons (Fsp3) is 0.391. The lowest BCUT2D eigenvalue weighted by atomic mass is 9.79. The van der Waals surface area contributed by atoms with Crippen LogP contribution in [0.25, 0.3) is 0 Å². The minimum Gasteiger partial charge on any atom is -0.493 e. The molecule has 1 aliphatic rings. The Bertz CT molecular complexity index is 928. The number of amides is 2. The van der Waals surface area contributed by atoms with Crippen LogP contribution in [0.1, 0.15) is 33.4 Å². The molecule has 1 aliphatic heterocycles. The van der Waals surface area contributed by atoms with E-state index in [0.29, 0.717) is 23.6 Å². The van der Waals surface area contributed by atoms with E-state index in [-0.39, 0.29) is 11.8 Å². The Morgan fingerprint density at radius 3 is 2.47 bits per heavy atom. The van der Waals surface area contributed by atoms with Gasteiger partial charge in [-0.25, -0.2) is 0 Å². The maximum absolute atomic E-state index is 13.3. The third-order valence-electron chi connectivity index (χ3n) is 5.47. The first kappa shape index (κ1) is 21.6. The van der Waals surface area contributed by atoms with E-state index in [1.54, 1.807) is 38.3 Å². The van der Waals surface area contributed by atoms with Gasteiger partial charge >= 0.3 is 0 Å². The van der Waals surface area contributed by atoms with Crippen molar-refractivity contribution in [1.29, 1.82) is 0 Å². The highest BCUT2D eigenvalue weighted by molar-refractivity contribution is 6.01. The third kappa shape index (κ3) is 4.11. The van der Waals surface area contributed by atoms with Crippen LogP contribution < -0.4 is 14.8 Å². The molecule has 0 fully saturated rings. The summed E-state index contributed by atoms with van der Waals surface area (Å²) < 4.78 is 10.8. The van der Waals surface area contributed by atoms with E-state index < -0.39 is 12.0 Å². The van der Waals surface area contributed by atoms with Crippen LogP contribution in [0.4, 0.5) is 0 Å². The summed E-state index contributed by atoms with van der Waals surface area (Å²) in [5.41, 5.74) is 2.11. The van der Waals surface area contributed by atoms with E-state index in [2.05, 4.69) is 5.32 Å². The fourth-order valence-electron chi connectivity index (χ4n) is 3.92. The molecule has 0 radical (unpaired) electrons. The number of ether oxygens (including phenoxy) is 2. The summed E-state index contributed by atoms with van der Waals surface area (Å²) in [6.45, 7) is 1.26. The summed E-state index contributed by atoms with van der Waals surface area (Å²) in [6.07, 6.45) is 0. The molecule has 0 aliphatic carbocycles. The van der Waals surface area contributed by atoms with Crippen LogP contribution in [0.5, 0.6) is 11.5 Å². The zero-order chi connectivity index (χ0) is 21.8. The molecule has 7 heteroatoms. The lowest BCUT2D eigenvalue weighted by molar-refractivity contribution is -0.124. The van der Waals surface area contributed by atoms with E-state index >= 15 is 0 Å². The van der Waals surface area contributed by atoms with Crippen molar-refractivity contribution in [2.75, 3.05) is 48.5 Å². The molecule has 0 unspecified atom stereocenters.